The highest BCUT2D eigenvalue weighted by Crippen LogP contribution is 2.27. The Kier molecular flexibility index (Phi) is 7.37. The van der Waals surface area contributed by atoms with Crippen molar-refractivity contribution in [2.75, 3.05) is 19.7 Å². The highest BCUT2D eigenvalue weighted by Gasteiger charge is 2.35. The van der Waals surface area contributed by atoms with Gasteiger partial charge in [-0.25, -0.2) is 4.98 Å². The first-order valence-corrected chi connectivity index (χ1v) is 12.0. The van der Waals surface area contributed by atoms with Crippen LogP contribution < -0.4 is 10.1 Å². The Morgan fingerprint density at radius 3 is 2.68 bits per heavy atom. The summed E-state index contributed by atoms with van der Waals surface area (Å²) in [4.78, 5) is 17.3. The van der Waals surface area contributed by atoms with Crippen LogP contribution in [0.15, 0.2) is 59.0 Å². The number of esters is 1. The first-order chi connectivity index (χ1) is 16.3. The highest BCUT2D eigenvalue weighted by atomic mass is 16.6. The highest BCUT2D eigenvalue weighted by molar-refractivity contribution is 5.74. The summed E-state index contributed by atoms with van der Waals surface area (Å²) < 4.78 is 17.5. The number of benzene rings is 2. The number of ether oxygens (including phenoxy) is 2. The van der Waals surface area contributed by atoms with Gasteiger partial charge in [0.15, 0.2) is 0 Å². The van der Waals surface area contributed by atoms with Gasteiger partial charge >= 0.3 is 5.97 Å². The number of oxazole rings is 1. The number of carbonyl (C=O) groups excluding carboxylic acids is 1. The number of aryl methyl sites for hydroxylation is 1. The fourth-order valence-corrected chi connectivity index (χ4v) is 4.30. The van der Waals surface area contributed by atoms with Crippen LogP contribution >= 0.6 is 0 Å². The van der Waals surface area contributed by atoms with Gasteiger partial charge in [0.25, 0.3) is 0 Å². The first kappa shape index (κ1) is 24.0. The summed E-state index contributed by atoms with van der Waals surface area (Å²) in [6, 6.07) is 18.0. The van der Waals surface area contributed by atoms with Gasteiger partial charge in [0.2, 0.25) is 5.89 Å². The second-order valence-electron chi connectivity index (χ2n) is 9.90. The fourth-order valence-electron chi connectivity index (χ4n) is 4.30. The van der Waals surface area contributed by atoms with E-state index < -0.39 is 5.60 Å². The second-order valence-corrected chi connectivity index (χ2v) is 9.90. The molecule has 1 N–H and O–H groups in total. The minimum Gasteiger partial charge on any atom is -0.493 e. The molecule has 180 valence electrons. The molecule has 6 nitrogen and oxygen atoms in total. The Bertz CT molecular complexity index is 1100. The van der Waals surface area contributed by atoms with Crippen molar-refractivity contribution >= 4 is 5.97 Å². The van der Waals surface area contributed by atoms with E-state index in [-0.39, 0.29) is 17.8 Å². The Balaban J connectivity index is 1.33. The van der Waals surface area contributed by atoms with Gasteiger partial charge in [-0.2, -0.15) is 0 Å². The lowest BCUT2D eigenvalue weighted by atomic mass is 9.89. The number of hydrogen-bond donors (Lipinski definition) is 1. The number of hydrogen-bond acceptors (Lipinski definition) is 6. The van der Waals surface area contributed by atoms with Gasteiger partial charge in [-0.15, -0.1) is 0 Å². The average molecular weight is 463 g/mol. The second kappa shape index (κ2) is 10.4. The van der Waals surface area contributed by atoms with Crippen LogP contribution in [0.5, 0.6) is 5.75 Å². The van der Waals surface area contributed by atoms with Crippen molar-refractivity contribution in [2.24, 2.45) is 11.8 Å². The monoisotopic (exact) mass is 462 g/mol. The summed E-state index contributed by atoms with van der Waals surface area (Å²) in [6.45, 7) is 9.65. The molecule has 3 aromatic rings. The molecule has 2 aromatic carbocycles. The van der Waals surface area contributed by atoms with Crippen LogP contribution in [0.4, 0.5) is 0 Å². The van der Waals surface area contributed by atoms with E-state index in [4.69, 9.17) is 13.9 Å². The molecule has 0 amide bonds. The van der Waals surface area contributed by atoms with Crippen molar-refractivity contribution in [3.8, 4) is 17.2 Å². The minimum absolute atomic E-state index is 0.118. The summed E-state index contributed by atoms with van der Waals surface area (Å²) in [7, 11) is 0. The lowest BCUT2D eigenvalue weighted by Gasteiger charge is -2.24. The molecular weight excluding hydrogens is 428 g/mol. The molecule has 1 aliphatic rings. The number of carbonyl (C=O) groups is 1. The Labute approximate surface area is 201 Å². The van der Waals surface area contributed by atoms with E-state index >= 15 is 0 Å². The fraction of sp³-hybridized carbons (Fsp3) is 0.429. The van der Waals surface area contributed by atoms with Crippen LogP contribution in [-0.2, 0) is 22.4 Å². The third kappa shape index (κ3) is 6.26. The third-order valence-electron chi connectivity index (χ3n) is 5.97. The largest absolute Gasteiger partial charge is 0.493 e. The van der Waals surface area contributed by atoms with Crippen LogP contribution in [0.2, 0.25) is 0 Å². The molecule has 1 fully saturated rings. The molecule has 0 spiro atoms. The van der Waals surface area contributed by atoms with Crippen molar-refractivity contribution < 1.29 is 18.7 Å². The van der Waals surface area contributed by atoms with Gasteiger partial charge in [0.1, 0.15) is 17.1 Å². The van der Waals surface area contributed by atoms with Crippen LogP contribution in [0.3, 0.4) is 0 Å². The van der Waals surface area contributed by atoms with Gasteiger partial charge in [0, 0.05) is 18.5 Å². The molecule has 4 rings (SSSR count). The predicted octanol–water partition coefficient (Wildman–Crippen LogP) is 4.99. The molecule has 1 aromatic heterocycles. The van der Waals surface area contributed by atoms with Gasteiger partial charge < -0.3 is 19.2 Å². The standard InChI is InChI=1S/C28H34N2O4/c1-19-25(30-26(33-19)21-10-6-5-7-11-21)13-14-32-23-12-8-9-20(16-23)15-22-17-29-18-24(22)27(31)34-28(2,3)4/h5-12,16,22,24,29H,13-15,17-18H2,1-4H3/t22-,24-/m0/s1. The quantitative estimate of drug-likeness (QED) is 0.476. The number of aromatic nitrogens is 1. The molecule has 0 unspecified atom stereocenters. The summed E-state index contributed by atoms with van der Waals surface area (Å²) in [5.74, 6) is 2.24. The van der Waals surface area contributed by atoms with E-state index in [1.54, 1.807) is 0 Å². The van der Waals surface area contributed by atoms with E-state index in [1.165, 1.54) is 0 Å². The zero-order valence-electron chi connectivity index (χ0n) is 20.5. The maximum absolute atomic E-state index is 12.6. The molecule has 6 heteroatoms. The Morgan fingerprint density at radius 2 is 1.91 bits per heavy atom. The van der Waals surface area contributed by atoms with Gasteiger partial charge in [-0.05, 0) is 76.4 Å². The number of nitrogens with zero attached hydrogens (tertiary/aromatic N) is 1. The van der Waals surface area contributed by atoms with Crippen LogP contribution in [-0.4, -0.2) is 36.3 Å². The van der Waals surface area contributed by atoms with E-state index in [2.05, 4.69) is 22.4 Å². The maximum atomic E-state index is 12.6. The van der Waals surface area contributed by atoms with Crippen molar-refractivity contribution in [2.45, 2.75) is 46.1 Å². The number of nitrogens with one attached hydrogen (secondary N) is 1. The van der Waals surface area contributed by atoms with Crippen molar-refractivity contribution in [1.82, 2.24) is 10.3 Å². The Hall–Kier alpha value is -3.12. The lowest BCUT2D eigenvalue weighted by Crippen LogP contribution is -2.32. The predicted molar refractivity (Wildman–Crippen MR) is 132 cm³/mol. The average Bonchev–Trinajstić information content (AvgIpc) is 3.40. The maximum Gasteiger partial charge on any atom is 0.311 e. The molecule has 0 aliphatic carbocycles. The van der Waals surface area contributed by atoms with Crippen LogP contribution in [0.25, 0.3) is 11.5 Å². The summed E-state index contributed by atoms with van der Waals surface area (Å²) in [5, 5.41) is 3.35. The minimum atomic E-state index is -0.470. The summed E-state index contributed by atoms with van der Waals surface area (Å²) in [6.07, 6.45) is 1.47. The molecular formula is C28H34N2O4. The molecule has 0 bridgehead atoms. The van der Waals surface area contributed by atoms with E-state index in [0.29, 0.717) is 25.5 Å². The van der Waals surface area contributed by atoms with E-state index in [1.807, 2.05) is 70.2 Å². The molecule has 1 saturated heterocycles. The van der Waals surface area contributed by atoms with Crippen LogP contribution in [0.1, 0.15) is 37.8 Å². The van der Waals surface area contributed by atoms with Crippen LogP contribution in [0, 0.1) is 18.8 Å². The molecule has 0 saturated carbocycles. The molecule has 34 heavy (non-hydrogen) atoms. The smallest absolute Gasteiger partial charge is 0.311 e. The SMILES string of the molecule is Cc1oc(-c2ccccc2)nc1CCOc1cccc(C[C@H]2CNC[C@@H]2C(=O)OC(C)(C)C)c1. The topological polar surface area (TPSA) is 73.6 Å². The van der Waals surface area contributed by atoms with Crippen molar-refractivity contribution in [3.05, 3.63) is 71.6 Å². The van der Waals surface area contributed by atoms with Crippen molar-refractivity contribution in [1.29, 1.82) is 0 Å². The van der Waals surface area contributed by atoms with Gasteiger partial charge in [0.05, 0.1) is 18.2 Å². The van der Waals surface area contributed by atoms with E-state index in [9.17, 15) is 4.79 Å². The van der Waals surface area contributed by atoms with Gasteiger partial charge in [-0.3, -0.25) is 4.79 Å². The van der Waals surface area contributed by atoms with E-state index in [0.717, 1.165) is 41.3 Å². The first-order valence-electron chi connectivity index (χ1n) is 12.0. The zero-order valence-corrected chi connectivity index (χ0v) is 20.5. The summed E-state index contributed by atoms with van der Waals surface area (Å²) in [5.41, 5.74) is 2.56. The third-order valence-corrected chi connectivity index (χ3v) is 5.97. The molecule has 2 heterocycles. The summed E-state index contributed by atoms with van der Waals surface area (Å²) >= 11 is 0. The van der Waals surface area contributed by atoms with Gasteiger partial charge in [-0.1, -0.05) is 30.3 Å². The lowest BCUT2D eigenvalue weighted by molar-refractivity contribution is -0.160. The molecule has 0 radical (unpaired) electrons. The molecule has 2 atom stereocenters. The Morgan fingerprint density at radius 1 is 1.12 bits per heavy atom. The normalized spacial score (nSPS) is 18.1. The number of rotatable bonds is 8. The zero-order chi connectivity index (χ0) is 24.1. The molecule has 1 aliphatic heterocycles. The van der Waals surface area contributed by atoms with Crippen molar-refractivity contribution in [3.63, 3.8) is 0 Å².